The van der Waals surface area contributed by atoms with E-state index in [9.17, 15) is 13.6 Å². The number of rotatable bonds is 4. The number of carbonyl (C=O) groups is 1. The van der Waals surface area contributed by atoms with Crippen LogP contribution in [0.5, 0.6) is 0 Å². The van der Waals surface area contributed by atoms with Gasteiger partial charge in [0.25, 0.3) is 0 Å². The number of nitrogens with two attached hydrogens (primary N) is 1. The smallest absolute Gasteiger partial charge is 0.407 e. The third-order valence-corrected chi connectivity index (χ3v) is 2.39. The molecular formula is C15H20F2N2O2. The van der Waals surface area contributed by atoms with Gasteiger partial charge in [0.1, 0.15) is 17.2 Å². The summed E-state index contributed by atoms with van der Waals surface area (Å²) < 4.78 is 31.4. The number of amides is 1. The molecule has 4 nitrogen and oxygen atoms in total. The molecule has 0 heterocycles. The number of hydrogen-bond acceptors (Lipinski definition) is 3. The van der Waals surface area contributed by atoms with E-state index in [0.717, 1.165) is 12.1 Å². The molecule has 1 amide bonds. The zero-order valence-electron chi connectivity index (χ0n) is 12.4. The Kier molecular flexibility index (Phi) is 5.69. The van der Waals surface area contributed by atoms with E-state index in [0.29, 0.717) is 13.0 Å². The van der Waals surface area contributed by atoms with E-state index in [-0.39, 0.29) is 11.3 Å². The van der Waals surface area contributed by atoms with Crippen LogP contribution in [0.1, 0.15) is 32.8 Å². The number of anilines is 1. The van der Waals surface area contributed by atoms with Crippen molar-refractivity contribution < 1.29 is 18.3 Å². The number of benzene rings is 1. The van der Waals surface area contributed by atoms with Crippen LogP contribution in [0.3, 0.4) is 0 Å². The Balaban J connectivity index is 2.45. The molecule has 0 unspecified atom stereocenters. The minimum atomic E-state index is -0.719. The Bertz CT molecular complexity index is 514. The highest BCUT2D eigenvalue weighted by Crippen LogP contribution is 2.19. The van der Waals surface area contributed by atoms with Gasteiger partial charge in [0, 0.05) is 23.9 Å². The van der Waals surface area contributed by atoms with Gasteiger partial charge in [0.2, 0.25) is 0 Å². The van der Waals surface area contributed by atoms with Crippen LogP contribution >= 0.6 is 0 Å². The average Bonchev–Trinajstić information content (AvgIpc) is 2.29. The van der Waals surface area contributed by atoms with Crippen LogP contribution < -0.4 is 11.1 Å². The number of carbonyl (C=O) groups excluding carboxylic acids is 1. The third kappa shape index (κ3) is 6.25. The number of ether oxygens (including phenoxy) is 1. The molecule has 0 aliphatic rings. The second kappa shape index (κ2) is 7.06. The molecule has 1 aromatic carbocycles. The Labute approximate surface area is 123 Å². The summed E-state index contributed by atoms with van der Waals surface area (Å²) in [5.74, 6) is -1.43. The summed E-state index contributed by atoms with van der Waals surface area (Å²) in [4.78, 5) is 11.4. The van der Waals surface area contributed by atoms with Crippen LogP contribution in [-0.4, -0.2) is 18.2 Å². The van der Waals surface area contributed by atoms with Gasteiger partial charge >= 0.3 is 6.09 Å². The fourth-order valence-corrected chi connectivity index (χ4v) is 1.55. The molecule has 0 bridgehead atoms. The second-order valence-electron chi connectivity index (χ2n) is 5.51. The van der Waals surface area contributed by atoms with Gasteiger partial charge in [0.15, 0.2) is 0 Å². The van der Waals surface area contributed by atoms with E-state index in [1.54, 1.807) is 26.8 Å². The summed E-state index contributed by atoms with van der Waals surface area (Å²) in [7, 11) is 0. The molecule has 1 rings (SSSR count). The van der Waals surface area contributed by atoms with Gasteiger partial charge in [-0.25, -0.2) is 13.6 Å². The van der Waals surface area contributed by atoms with Crippen molar-refractivity contribution in [3.63, 3.8) is 0 Å². The molecule has 6 heteroatoms. The highest BCUT2D eigenvalue weighted by atomic mass is 19.1. The third-order valence-electron chi connectivity index (χ3n) is 2.39. The summed E-state index contributed by atoms with van der Waals surface area (Å²) in [5, 5.41) is 2.57. The molecule has 0 fully saturated rings. The zero-order valence-corrected chi connectivity index (χ0v) is 12.4. The van der Waals surface area contributed by atoms with E-state index in [1.165, 1.54) is 6.08 Å². The van der Waals surface area contributed by atoms with Crippen LogP contribution in [0, 0.1) is 11.6 Å². The monoisotopic (exact) mass is 298 g/mol. The van der Waals surface area contributed by atoms with Crippen LogP contribution in [0.2, 0.25) is 0 Å². The summed E-state index contributed by atoms with van der Waals surface area (Å²) in [6.07, 6.45) is 3.06. The quantitative estimate of drug-likeness (QED) is 0.661. The van der Waals surface area contributed by atoms with E-state index >= 15 is 0 Å². The second-order valence-corrected chi connectivity index (χ2v) is 5.51. The average molecular weight is 298 g/mol. The molecule has 3 N–H and O–H groups in total. The fourth-order valence-electron chi connectivity index (χ4n) is 1.55. The maximum absolute atomic E-state index is 13.5. The molecule has 1 aromatic rings. The first-order valence-electron chi connectivity index (χ1n) is 6.57. The molecule has 0 aliphatic heterocycles. The maximum Gasteiger partial charge on any atom is 0.407 e. The zero-order chi connectivity index (χ0) is 16.0. The summed E-state index contributed by atoms with van der Waals surface area (Å²) in [6, 6.07) is 1.83. The Morgan fingerprint density at radius 3 is 2.62 bits per heavy atom. The largest absolute Gasteiger partial charge is 0.444 e. The lowest BCUT2D eigenvalue weighted by Gasteiger charge is -2.19. The van der Waals surface area contributed by atoms with Crippen molar-refractivity contribution in [1.29, 1.82) is 0 Å². The Hall–Kier alpha value is -2.11. The maximum atomic E-state index is 13.5. The molecule has 21 heavy (non-hydrogen) atoms. The molecule has 0 atom stereocenters. The van der Waals surface area contributed by atoms with Crippen molar-refractivity contribution in [3.05, 3.63) is 35.4 Å². The van der Waals surface area contributed by atoms with Crippen molar-refractivity contribution >= 4 is 17.9 Å². The predicted molar refractivity (Wildman–Crippen MR) is 78.7 cm³/mol. The van der Waals surface area contributed by atoms with Gasteiger partial charge in [-0.1, -0.05) is 12.2 Å². The molecule has 0 spiro atoms. The highest BCUT2D eigenvalue weighted by molar-refractivity contribution is 5.68. The number of nitrogen functional groups attached to an aromatic ring is 1. The van der Waals surface area contributed by atoms with Crippen LogP contribution in [-0.2, 0) is 4.74 Å². The lowest BCUT2D eigenvalue weighted by atomic mass is 10.1. The number of hydrogen-bond donors (Lipinski definition) is 2. The Morgan fingerprint density at radius 1 is 1.38 bits per heavy atom. The van der Waals surface area contributed by atoms with Gasteiger partial charge < -0.3 is 15.8 Å². The summed E-state index contributed by atoms with van der Waals surface area (Å²) in [6.45, 7) is 5.65. The molecule has 0 saturated carbocycles. The first-order valence-corrected chi connectivity index (χ1v) is 6.57. The topological polar surface area (TPSA) is 64.3 Å². The molecule has 0 saturated heterocycles. The normalized spacial score (nSPS) is 11.7. The van der Waals surface area contributed by atoms with E-state index in [1.807, 2.05) is 0 Å². The predicted octanol–water partition coefficient (Wildman–Crippen LogP) is 3.48. The molecule has 0 aliphatic carbocycles. The van der Waals surface area contributed by atoms with Gasteiger partial charge in [-0.05, 0) is 33.3 Å². The van der Waals surface area contributed by atoms with Crippen LogP contribution in [0.25, 0.3) is 6.08 Å². The lowest BCUT2D eigenvalue weighted by molar-refractivity contribution is 0.0529. The number of alkyl carbamates (subject to hydrolysis) is 1. The fraction of sp³-hybridized carbons (Fsp3) is 0.400. The van der Waals surface area contributed by atoms with Crippen LogP contribution in [0.4, 0.5) is 19.3 Å². The van der Waals surface area contributed by atoms with Crippen molar-refractivity contribution in [2.75, 3.05) is 12.3 Å². The standard InChI is InChI=1S/C15H20F2N2O2/c1-15(2,3)21-14(20)19-7-5-4-6-11-12(17)8-10(16)9-13(11)18/h4,6,8-9H,5,7,18H2,1-3H3,(H,19,20). The van der Waals surface area contributed by atoms with Gasteiger partial charge in [0.05, 0.1) is 0 Å². The van der Waals surface area contributed by atoms with Crippen molar-refractivity contribution in [2.24, 2.45) is 0 Å². The van der Waals surface area contributed by atoms with Gasteiger partial charge in [-0.2, -0.15) is 0 Å². The summed E-state index contributed by atoms with van der Waals surface area (Å²) in [5.41, 5.74) is 5.15. The molecule has 0 aromatic heterocycles. The van der Waals surface area contributed by atoms with Crippen molar-refractivity contribution in [1.82, 2.24) is 5.32 Å². The van der Waals surface area contributed by atoms with E-state index < -0.39 is 23.3 Å². The van der Waals surface area contributed by atoms with Gasteiger partial charge in [-0.3, -0.25) is 0 Å². The number of nitrogens with one attached hydrogen (secondary N) is 1. The first kappa shape index (κ1) is 16.9. The van der Waals surface area contributed by atoms with Crippen molar-refractivity contribution in [2.45, 2.75) is 32.8 Å². The molecular weight excluding hydrogens is 278 g/mol. The Morgan fingerprint density at radius 2 is 2.05 bits per heavy atom. The minimum absolute atomic E-state index is 0.0313. The van der Waals surface area contributed by atoms with Gasteiger partial charge in [-0.15, -0.1) is 0 Å². The van der Waals surface area contributed by atoms with Crippen LogP contribution in [0.15, 0.2) is 18.2 Å². The SMILES string of the molecule is CC(C)(C)OC(=O)NCCC=Cc1c(N)cc(F)cc1F. The molecule has 116 valence electrons. The lowest BCUT2D eigenvalue weighted by Crippen LogP contribution is -2.32. The van der Waals surface area contributed by atoms with E-state index in [4.69, 9.17) is 10.5 Å². The first-order chi connectivity index (χ1) is 9.69. The summed E-state index contributed by atoms with van der Waals surface area (Å²) >= 11 is 0. The highest BCUT2D eigenvalue weighted by Gasteiger charge is 2.15. The minimum Gasteiger partial charge on any atom is -0.444 e. The number of halogens is 2. The van der Waals surface area contributed by atoms with Crippen molar-refractivity contribution in [3.8, 4) is 0 Å². The molecule has 0 radical (unpaired) electrons. The van der Waals surface area contributed by atoms with E-state index in [2.05, 4.69) is 5.32 Å².